The molecular formula is C16H13F2N3. The van der Waals surface area contributed by atoms with Crippen molar-refractivity contribution in [3.63, 3.8) is 0 Å². The predicted molar refractivity (Wildman–Crippen MR) is 78.1 cm³/mol. The highest BCUT2D eigenvalue weighted by atomic mass is 19.1. The average Bonchev–Trinajstić information content (AvgIpc) is 2.48. The first kappa shape index (κ1) is 13.4. The molecule has 3 nitrogen and oxygen atoms in total. The van der Waals surface area contributed by atoms with Crippen molar-refractivity contribution < 1.29 is 8.78 Å². The largest absolute Gasteiger partial charge is 0.369 e. The summed E-state index contributed by atoms with van der Waals surface area (Å²) in [6, 6.07) is 10.8. The predicted octanol–water partition coefficient (Wildman–Crippen LogP) is 3.56. The monoisotopic (exact) mass is 285 g/mol. The minimum atomic E-state index is -0.328. The Labute approximate surface area is 120 Å². The van der Waals surface area contributed by atoms with E-state index in [1.54, 1.807) is 12.1 Å². The van der Waals surface area contributed by atoms with Gasteiger partial charge in [-0.2, -0.15) is 0 Å². The van der Waals surface area contributed by atoms with E-state index in [4.69, 9.17) is 0 Å². The van der Waals surface area contributed by atoms with Crippen molar-refractivity contribution in [2.24, 2.45) is 0 Å². The molecule has 21 heavy (non-hydrogen) atoms. The number of hydrogen-bond acceptors (Lipinski definition) is 3. The molecule has 1 aromatic heterocycles. The van der Waals surface area contributed by atoms with Gasteiger partial charge in [-0.1, -0.05) is 12.1 Å². The first-order valence-corrected chi connectivity index (χ1v) is 6.61. The highest BCUT2D eigenvalue weighted by molar-refractivity contribution is 5.88. The zero-order chi connectivity index (χ0) is 14.7. The number of aromatic nitrogens is 2. The lowest BCUT2D eigenvalue weighted by atomic mass is 10.1. The van der Waals surface area contributed by atoms with E-state index in [0.717, 1.165) is 5.56 Å². The molecule has 0 aliphatic carbocycles. The normalized spacial score (nSPS) is 10.8. The van der Waals surface area contributed by atoms with E-state index in [-0.39, 0.29) is 11.6 Å². The Hall–Kier alpha value is -2.56. The van der Waals surface area contributed by atoms with E-state index in [0.29, 0.717) is 29.7 Å². The van der Waals surface area contributed by atoms with E-state index >= 15 is 0 Å². The number of rotatable bonds is 4. The third kappa shape index (κ3) is 3.13. The summed E-state index contributed by atoms with van der Waals surface area (Å²) in [6.45, 7) is 0.575. The fourth-order valence-electron chi connectivity index (χ4n) is 2.19. The Kier molecular flexibility index (Phi) is 3.73. The minimum Gasteiger partial charge on any atom is -0.369 e. The lowest BCUT2D eigenvalue weighted by molar-refractivity contribution is 0.625. The smallest absolute Gasteiger partial charge is 0.137 e. The quantitative estimate of drug-likeness (QED) is 0.796. The molecule has 1 N–H and O–H groups in total. The molecule has 0 atom stereocenters. The minimum absolute atomic E-state index is 0.248. The van der Waals surface area contributed by atoms with Gasteiger partial charge in [-0.15, -0.1) is 0 Å². The van der Waals surface area contributed by atoms with Gasteiger partial charge in [0.25, 0.3) is 0 Å². The van der Waals surface area contributed by atoms with Gasteiger partial charge in [-0.3, -0.25) is 0 Å². The maximum Gasteiger partial charge on any atom is 0.137 e. The van der Waals surface area contributed by atoms with Crippen molar-refractivity contribution in [3.8, 4) is 0 Å². The van der Waals surface area contributed by atoms with E-state index in [9.17, 15) is 8.78 Å². The van der Waals surface area contributed by atoms with Crippen LogP contribution in [0.4, 0.5) is 14.6 Å². The summed E-state index contributed by atoms with van der Waals surface area (Å²) in [5.74, 6) is 0.00319. The molecule has 0 aliphatic rings. The highest BCUT2D eigenvalue weighted by Crippen LogP contribution is 2.20. The fraction of sp³-hybridized carbons (Fsp3) is 0.125. The third-order valence-corrected chi connectivity index (χ3v) is 3.19. The second-order valence-corrected chi connectivity index (χ2v) is 4.69. The molecule has 0 saturated carbocycles. The van der Waals surface area contributed by atoms with Crippen molar-refractivity contribution >= 4 is 16.7 Å². The number of nitrogens with one attached hydrogen (secondary N) is 1. The molecule has 0 spiro atoms. The van der Waals surface area contributed by atoms with Gasteiger partial charge in [0, 0.05) is 11.9 Å². The van der Waals surface area contributed by atoms with Crippen LogP contribution in [0.1, 0.15) is 5.56 Å². The van der Waals surface area contributed by atoms with Crippen LogP contribution in [0.2, 0.25) is 0 Å². The topological polar surface area (TPSA) is 37.8 Å². The second kappa shape index (κ2) is 5.83. The zero-order valence-electron chi connectivity index (χ0n) is 11.2. The molecule has 106 valence electrons. The van der Waals surface area contributed by atoms with E-state index in [1.165, 1.54) is 30.6 Å². The molecule has 0 bridgehead atoms. The Balaban J connectivity index is 1.75. The summed E-state index contributed by atoms with van der Waals surface area (Å²) in [5, 5.41) is 3.78. The number of halogens is 2. The molecular weight excluding hydrogens is 272 g/mol. The van der Waals surface area contributed by atoms with Gasteiger partial charge in [-0.05, 0) is 42.3 Å². The van der Waals surface area contributed by atoms with Crippen molar-refractivity contribution in [2.45, 2.75) is 6.42 Å². The lowest BCUT2D eigenvalue weighted by Crippen LogP contribution is -2.07. The van der Waals surface area contributed by atoms with Crippen molar-refractivity contribution in [2.75, 3.05) is 11.9 Å². The SMILES string of the molecule is Fc1cccc(CCNc2ncnc3ccc(F)cc23)c1. The maximum absolute atomic E-state index is 13.3. The molecule has 1 heterocycles. The third-order valence-electron chi connectivity index (χ3n) is 3.19. The molecule has 2 aromatic carbocycles. The second-order valence-electron chi connectivity index (χ2n) is 4.69. The Bertz CT molecular complexity index is 774. The number of anilines is 1. The molecule has 0 fully saturated rings. The van der Waals surface area contributed by atoms with Gasteiger partial charge < -0.3 is 5.32 Å². The van der Waals surface area contributed by atoms with Gasteiger partial charge in [0.15, 0.2) is 0 Å². The molecule has 3 rings (SSSR count). The van der Waals surface area contributed by atoms with Gasteiger partial charge in [-0.25, -0.2) is 18.7 Å². The number of nitrogens with zero attached hydrogens (tertiary/aromatic N) is 2. The number of benzene rings is 2. The zero-order valence-corrected chi connectivity index (χ0v) is 11.2. The van der Waals surface area contributed by atoms with E-state index < -0.39 is 0 Å². The van der Waals surface area contributed by atoms with Gasteiger partial charge in [0.1, 0.15) is 23.8 Å². The Morgan fingerprint density at radius 1 is 0.952 bits per heavy atom. The molecule has 5 heteroatoms. The summed E-state index contributed by atoms with van der Waals surface area (Å²) in [7, 11) is 0. The first-order valence-electron chi connectivity index (χ1n) is 6.61. The summed E-state index contributed by atoms with van der Waals surface area (Å²) < 4.78 is 26.4. The molecule has 0 radical (unpaired) electrons. The van der Waals surface area contributed by atoms with Crippen LogP contribution in [0.25, 0.3) is 10.9 Å². The first-order chi connectivity index (χ1) is 10.2. The molecule has 0 saturated heterocycles. The summed E-state index contributed by atoms with van der Waals surface area (Å²) in [5.41, 5.74) is 1.58. The Morgan fingerprint density at radius 3 is 2.67 bits per heavy atom. The van der Waals surface area contributed by atoms with Gasteiger partial charge in [0.05, 0.1) is 5.52 Å². The fourth-order valence-corrected chi connectivity index (χ4v) is 2.19. The summed E-state index contributed by atoms with van der Waals surface area (Å²) in [6.07, 6.45) is 2.09. The molecule has 3 aromatic rings. The van der Waals surface area contributed by atoms with Crippen molar-refractivity contribution in [3.05, 3.63) is 66.0 Å². The van der Waals surface area contributed by atoms with Crippen LogP contribution in [0.5, 0.6) is 0 Å². The van der Waals surface area contributed by atoms with Crippen LogP contribution in [0, 0.1) is 11.6 Å². The standard InChI is InChI=1S/C16H13F2N3/c17-12-3-1-2-11(8-12)6-7-19-16-14-9-13(18)4-5-15(14)20-10-21-16/h1-5,8-10H,6-7H2,(H,19,20,21). The van der Waals surface area contributed by atoms with Gasteiger partial charge in [0.2, 0.25) is 0 Å². The number of fused-ring (bicyclic) bond motifs is 1. The summed E-state index contributed by atoms with van der Waals surface area (Å²) in [4.78, 5) is 8.23. The van der Waals surface area contributed by atoms with Crippen molar-refractivity contribution in [1.82, 2.24) is 9.97 Å². The van der Waals surface area contributed by atoms with Crippen LogP contribution in [0.15, 0.2) is 48.8 Å². The van der Waals surface area contributed by atoms with Gasteiger partial charge >= 0.3 is 0 Å². The lowest BCUT2D eigenvalue weighted by Gasteiger charge is -2.08. The number of hydrogen-bond donors (Lipinski definition) is 1. The van der Waals surface area contributed by atoms with Crippen LogP contribution in [-0.4, -0.2) is 16.5 Å². The van der Waals surface area contributed by atoms with Crippen LogP contribution in [-0.2, 0) is 6.42 Å². The maximum atomic E-state index is 13.3. The summed E-state index contributed by atoms with van der Waals surface area (Å²) >= 11 is 0. The molecule has 0 amide bonds. The highest BCUT2D eigenvalue weighted by Gasteiger charge is 2.04. The van der Waals surface area contributed by atoms with Crippen LogP contribution in [0.3, 0.4) is 0 Å². The van der Waals surface area contributed by atoms with E-state index in [1.807, 2.05) is 6.07 Å². The molecule has 0 aliphatic heterocycles. The average molecular weight is 285 g/mol. The van der Waals surface area contributed by atoms with Crippen LogP contribution < -0.4 is 5.32 Å². The Morgan fingerprint density at radius 2 is 1.81 bits per heavy atom. The van der Waals surface area contributed by atoms with Crippen molar-refractivity contribution in [1.29, 1.82) is 0 Å². The van der Waals surface area contributed by atoms with Crippen LogP contribution >= 0.6 is 0 Å². The molecule has 0 unspecified atom stereocenters. The van der Waals surface area contributed by atoms with E-state index in [2.05, 4.69) is 15.3 Å².